The molecule has 0 radical (unpaired) electrons. The molecular weight excluding hydrogens is 529 g/mol. The summed E-state index contributed by atoms with van der Waals surface area (Å²) in [6, 6.07) is 10.6. The maximum absolute atomic E-state index is 13.5. The van der Waals surface area contributed by atoms with Gasteiger partial charge in [-0.05, 0) is 43.2 Å². The third-order valence-electron chi connectivity index (χ3n) is 6.84. The van der Waals surface area contributed by atoms with E-state index in [1.807, 2.05) is 6.92 Å². The van der Waals surface area contributed by atoms with Gasteiger partial charge in [0.05, 0.1) is 25.2 Å². The summed E-state index contributed by atoms with van der Waals surface area (Å²) < 4.78 is 55.9. The summed E-state index contributed by atoms with van der Waals surface area (Å²) in [6.45, 7) is 4.13. The Morgan fingerprint density at radius 3 is 2.42 bits per heavy atom. The summed E-state index contributed by atoms with van der Waals surface area (Å²) in [5.74, 6) is 0.338. The molecule has 0 fully saturated rings. The van der Waals surface area contributed by atoms with E-state index in [1.165, 1.54) is 25.2 Å². The fourth-order valence-electron chi connectivity index (χ4n) is 4.51. The zero-order valence-electron chi connectivity index (χ0n) is 23.4. The first-order valence-corrected chi connectivity index (χ1v) is 13.0. The number of carbonyl (C=O) groups excluding carboxylic acids is 2. The highest BCUT2D eigenvalue weighted by Gasteiger charge is 2.32. The zero-order valence-corrected chi connectivity index (χ0v) is 23.4. The lowest BCUT2D eigenvalue weighted by atomic mass is 10.0. The van der Waals surface area contributed by atoms with Gasteiger partial charge in [0.1, 0.15) is 18.1 Å². The van der Waals surface area contributed by atoms with Crippen LogP contribution in [0, 0.1) is 5.92 Å². The first kappa shape index (κ1) is 31.0. The number of alkyl halides is 3. The number of benzene rings is 2. The van der Waals surface area contributed by atoms with Crippen LogP contribution in [0.15, 0.2) is 42.5 Å². The van der Waals surface area contributed by atoms with Crippen LogP contribution in [0.3, 0.4) is 0 Å². The number of methoxy groups -OCH3 is 2. The van der Waals surface area contributed by atoms with Crippen LogP contribution < -0.4 is 20.1 Å². The Bertz CT molecular complexity index is 1160. The van der Waals surface area contributed by atoms with Crippen molar-refractivity contribution in [1.82, 2.24) is 9.80 Å². The van der Waals surface area contributed by atoms with Gasteiger partial charge in [-0.2, -0.15) is 13.2 Å². The second-order valence-electron chi connectivity index (χ2n) is 9.98. The van der Waals surface area contributed by atoms with E-state index in [1.54, 1.807) is 55.3 Å². The highest BCUT2D eigenvalue weighted by Crippen LogP contribution is 2.28. The molecule has 3 rings (SSSR count). The van der Waals surface area contributed by atoms with Gasteiger partial charge < -0.3 is 29.7 Å². The van der Waals surface area contributed by atoms with Crippen molar-refractivity contribution >= 4 is 23.3 Å². The molecule has 0 spiro atoms. The van der Waals surface area contributed by atoms with Gasteiger partial charge >= 0.3 is 12.2 Å². The monoisotopic (exact) mass is 566 g/mol. The first-order chi connectivity index (χ1) is 18.9. The van der Waals surface area contributed by atoms with Crippen LogP contribution in [-0.2, 0) is 4.74 Å². The summed E-state index contributed by atoms with van der Waals surface area (Å²) in [5, 5.41) is 5.43. The molecule has 3 amide bonds. The number of nitrogens with one attached hydrogen (secondary N) is 2. The lowest BCUT2D eigenvalue weighted by molar-refractivity contribution is -0.140. The topological polar surface area (TPSA) is 92.4 Å². The van der Waals surface area contributed by atoms with Gasteiger partial charge in [0, 0.05) is 57.3 Å². The van der Waals surface area contributed by atoms with E-state index >= 15 is 0 Å². The Hall–Kier alpha value is -3.51. The molecule has 0 saturated carbocycles. The zero-order chi connectivity index (χ0) is 29.4. The molecule has 0 saturated heterocycles. The summed E-state index contributed by atoms with van der Waals surface area (Å²) in [6.07, 6.45) is -5.63. The molecule has 0 aliphatic carbocycles. The van der Waals surface area contributed by atoms with E-state index in [2.05, 4.69) is 10.6 Å². The molecule has 0 unspecified atom stereocenters. The maximum Gasteiger partial charge on any atom is 0.390 e. The Morgan fingerprint density at radius 1 is 1.07 bits per heavy atom. The molecule has 220 valence electrons. The number of amides is 3. The lowest BCUT2D eigenvalue weighted by Crippen LogP contribution is -2.47. The molecule has 0 bridgehead atoms. The molecule has 2 N–H and O–H groups in total. The number of ether oxygens (including phenoxy) is 3. The first-order valence-electron chi connectivity index (χ1n) is 13.0. The second kappa shape index (κ2) is 13.7. The number of anilines is 2. The summed E-state index contributed by atoms with van der Waals surface area (Å²) in [7, 11) is 4.67. The van der Waals surface area contributed by atoms with E-state index in [0.717, 1.165) is 0 Å². The van der Waals surface area contributed by atoms with Crippen LogP contribution in [-0.4, -0.2) is 87.6 Å². The minimum Gasteiger partial charge on any atom is -0.497 e. The molecule has 2 aromatic carbocycles. The van der Waals surface area contributed by atoms with Crippen molar-refractivity contribution in [3.05, 3.63) is 48.0 Å². The van der Waals surface area contributed by atoms with Gasteiger partial charge in [-0.1, -0.05) is 13.0 Å². The molecule has 9 nitrogen and oxygen atoms in total. The molecule has 1 heterocycles. The summed E-state index contributed by atoms with van der Waals surface area (Å²) >= 11 is 0. The van der Waals surface area contributed by atoms with Crippen molar-refractivity contribution in [3.63, 3.8) is 0 Å². The van der Waals surface area contributed by atoms with Crippen molar-refractivity contribution in [3.8, 4) is 11.5 Å². The average Bonchev–Trinajstić information content (AvgIpc) is 2.91. The van der Waals surface area contributed by atoms with Crippen LogP contribution in [0.2, 0.25) is 0 Å². The van der Waals surface area contributed by atoms with E-state index in [-0.39, 0.29) is 48.9 Å². The SMILES string of the molecule is COc1cccc(NC(=O)Nc2ccc3c(c2)C(=O)N(C)C[C@@H](OC)[C@H](C)CN(CCC(F)(F)F)[C@H](C)CO3)c1. The van der Waals surface area contributed by atoms with Gasteiger partial charge in [0.25, 0.3) is 5.91 Å². The minimum atomic E-state index is -4.28. The van der Waals surface area contributed by atoms with E-state index in [0.29, 0.717) is 23.7 Å². The summed E-state index contributed by atoms with van der Waals surface area (Å²) in [5.41, 5.74) is 1.08. The minimum absolute atomic E-state index is 0.0648. The molecule has 1 aliphatic rings. The molecule has 0 aromatic heterocycles. The number of rotatable bonds is 6. The predicted octanol–water partition coefficient (Wildman–Crippen LogP) is 5.10. The van der Waals surface area contributed by atoms with Crippen molar-refractivity contribution in [1.29, 1.82) is 0 Å². The van der Waals surface area contributed by atoms with Crippen molar-refractivity contribution in [2.24, 2.45) is 5.92 Å². The number of hydrogen-bond donors (Lipinski definition) is 2. The fourth-order valence-corrected chi connectivity index (χ4v) is 4.51. The quantitative estimate of drug-likeness (QED) is 0.506. The van der Waals surface area contributed by atoms with E-state index in [4.69, 9.17) is 14.2 Å². The van der Waals surface area contributed by atoms with Crippen LogP contribution in [0.1, 0.15) is 30.6 Å². The Kier molecular flexibility index (Phi) is 10.6. The number of hydrogen-bond acceptors (Lipinski definition) is 6. The molecule has 1 aliphatic heterocycles. The van der Waals surface area contributed by atoms with Crippen LogP contribution in [0.4, 0.5) is 29.3 Å². The predicted molar refractivity (Wildman–Crippen MR) is 146 cm³/mol. The maximum atomic E-state index is 13.5. The van der Waals surface area contributed by atoms with Crippen LogP contribution >= 0.6 is 0 Å². The number of urea groups is 1. The molecule has 12 heteroatoms. The van der Waals surface area contributed by atoms with Crippen LogP contribution in [0.25, 0.3) is 0 Å². The van der Waals surface area contributed by atoms with E-state index < -0.39 is 24.7 Å². The Morgan fingerprint density at radius 2 is 1.77 bits per heavy atom. The summed E-state index contributed by atoms with van der Waals surface area (Å²) in [4.78, 5) is 29.4. The average molecular weight is 567 g/mol. The Balaban J connectivity index is 1.85. The third kappa shape index (κ3) is 8.75. The van der Waals surface area contributed by atoms with E-state index in [9.17, 15) is 22.8 Å². The third-order valence-corrected chi connectivity index (χ3v) is 6.84. The lowest BCUT2D eigenvalue weighted by Gasteiger charge is -2.36. The fraction of sp³-hybridized carbons (Fsp3) is 0.500. The smallest absolute Gasteiger partial charge is 0.390 e. The number of nitrogens with zero attached hydrogens (tertiary/aromatic N) is 2. The largest absolute Gasteiger partial charge is 0.497 e. The molecule has 2 aromatic rings. The number of halogens is 3. The van der Waals surface area contributed by atoms with Crippen molar-refractivity contribution in [2.75, 3.05) is 58.1 Å². The Labute approximate surface area is 232 Å². The highest BCUT2D eigenvalue weighted by atomic mass is 19.4. The standard InChI is InChI=1S/C28H37F3N4O5/c1-18-15-35(12-11-28(29,30)31)19(2)17-40-24-10-9-21(14-23(24)26(36)34(3)16-25(18)39-5)33-27(37)32-20-7-6-8-22(13-20)38-4/h6-10,13-14,18-19,25H,11-12,15-17H2,1-5H3,(H2,32,33,37)/t18-,19-,25-/m1/s1. The number of carbonyl (C=O) groups is 2. The van der Waals surface area contributed by atoms with Gasteiger partial charge in [0.15, 0.2) is 0 Å². The number of likely N-dealkylation sites (N-methyl/N-ethyl adjacent to an activating group) is 1. The van der Waals surface area contributed by atoms with Gasteiger partial charge in [0.2, 0.25) is 0 Å². The normalized spacial score (nSPS) is 20.9. The van der Waals surface area contributed by atoms with Crippen molar-refractivity contribution in [2.45, 2.75) is 38.6 Å². The van der Waals surface area contributed by atoms with Crippen LogP contribution in [0.5, 0.6) is 11.5 Å². The molecule has 40 heavy (non-hydrogen) atoms. The van der Waals surface area contributed by atoms with Gasteiger partial charge in [-0.15, -0.1) is 0 Å². The van der Waals surface area contributed by atoms with Gasteiger partial charge in [-0.3, -0.25) is 9.69 Å². The van der Waals surface area contributed by atoms with Crippen molar-refractivity contribution < 1.29 is 37.0 Å². The molecular formula is C28H37F3N4O5. The number of fused-ring (bicyclic) bond motifs is 1. The van der Waals surface area contributed by atoms with Gasteiger partial charge in [-0.25, -0.2) is 4.79 Å². The second-order valence-corrected chi connectivity index (χ2v) is 9.98. The highest BCUT2D eigenvalue weighted by molar-refractivity contribution is 6.02. The molecule has 3 atom stereocenters.